The monoisotopic (exact) mass is 422 g/mol. The van der Waals surface area contributed by atoms with Crippen molar-refractivity contribution in [3.63, 3.8) is 0 Å². The molecule has 2 aromatic rings. The summed E-state index contributed by atoms with van der Waals surface area (Å²) >= 11 is 0. The Morgan fingerprint density at radius 3 is 2.17 bits per heavy atom. The Bertz CT molecular complexity index is 947. The van der Waals surface area contributed by atoms with Crippen LogP contribution in [0.4, 0.5) is 10.1 Å². The second-order valence-electron chi connectivity index (χ2n) is 6.57. The van der Waals surface area contributed by atoms with E-state index < -0.39 is 40.9 Å². The molecule has 0 spiro atoms. The molecular formula is C20H23FN2O5S. The molecule has 0 aliphatic heterocycles. The van der Waals surface area contributed by atoms with E-state index in [-0.39, 0.29) is 10.9 Å². The largest absolute Gasteiger partial charge is 0.455 e. The van der Waals surface area contributed by atoms with E-state index in [1.165, 1.54) is 11.9 Å². The third-order valence-corrected chi connectivity index (χ3v) is 5.87. The number of likely N-dealkylation sites (N-methyl/N-ethyl adjacent to an activating group) is 1. The molecule has 1 amide bonds. The molecule has 0 atom stereocenters. The number of ether oxygens (including phenoxy) is 1. The van der Waals surface area contributed by atoms with Gasteiger partial charge >= 0.3 is 5.97 Å². The van der Waals surface area contributed by atoms with Crippen molar-refractivity contribution in [2.75, 3.05) is 25.1 Å². The van der Waals surface area contributed by atoms with Gasteiger partial charge < -0.3 is 9.64 Å². The summed E-state index contributed by atoms with van der Waals surface area (Å²) in [5, 5.41) is 0. The quantitative estimate of drug-likeness (QED) is 0.610. The van der Waals surface area contributed by atoms with Gasteiger partial charge in [-0.3, -0.25) is 9.59 Å². The lowest BCUT2D eigenvalue weighted by molar-refractivity contribution is -0.147. The molecular weight excluding hydrogens is 399 g/mol. The number of esters is 1. The molecule has 7 nitrogen and oxygen atoms in total. The summed E-state index contributed by atoms with van der Waals surface area (Å²) in [4.78, 5) is 25.9. The molecule has 29 heavy (non-hydrogen) atoms. The number of carbonyl (C=O) groups excluding carboxylic acids is 2. The van der Waals surface area contributed by atoms with Gasteiger partial charge in [-0.05, 0) is 50.2 Å². The highest BCUT2D eigenvalue weighted by Gasteiger charge is 2.25. The zero-order chi connectivity index (χ0) is 21.6. The van der Waals surface area contributed by atoms with Crippen LogP contribution in [0.15, 0.2) is 59.5 Å². The number of para-hydroxylation sites is 1. The Morgan fingerprint density at radius 2 is 1.62 bits per heavy atom. The molecule has 0 bridgehead atoms. The van der Waals surface area contributed by atoms with Crippen LogP contribution in [0.1, 0.15) is 13.8 Å². The van der Waals surface area contributed by atoms with Gasteiger partial charge in [-0.1, -0.05) is 18.2 Å². The third kappa shape index (κ3) is 5.85. The lowest BCUT2D eigenvalue weighted by Crippen LogP contribution is -2.41. The van der Waals surface area contributed by atoms with Crippen molar-refractivity contribution in [2.24, 2.45) is 0 Å². The minimum atomic E-state index is -3.99. The summed E-state index contributed by atoms with van der Waals surface area (Å²) < 4.78 is 43.6. The average molecular weight is 422 g/mol. The molecule has 0 aliphatic carbocycles. The molecule has 0 fully saturated rings. The molecule has 0 aliphatic rings. The summed E-state index contributed by atoms with van der Waals surface area (Å²) in [6.45, 7) is 2.56. The van der Waals surface area contributed by atoms with E-state index in [4.69, 9.17) is 4.74 Å². The van der Waals surface area contributed by atoms with Crippen LogP contribution in [-0.2, 0) is 24.3 Å². The van der Waals surface area contributed by atoms with E-state index in [1.54, 1.807) is 24.3 Å². The maximum Gasteiger partial charge on any atom is 0.321 e. The first-order chi connectivity index (χ1) is 13.6. The lowest BCUT2D eigenvalue weighted by Gasteiger charge is -2.26. The van der Waals surface area contributed by atoms with E-state index in [0.717, 1.165) is 28.6 Å². The number of amides is 1. The number of benzene rings is 2. The summed E-state index contributed by atoms with van der Waals surface area (Å²) in [6.07, 6.45) is 0. The van der Waals surface area contributed by atoms with Crippen LogP contribution >= 0.6 is 0 Å². The molecule has 0 saturated carbocycles. The molecule has 2 aromatic carbocycles. The van der Waals surface area contributed by atoms with Crippen molar-refractivity contribution in [1.29, 1.82) is 0 Å². The molecule has 0 unspecified atom stereocenters. The fourth-order valence-corrected chi connectivity index (χ4v) is 3.74. The van der Waals surface area contributed by atoms with Crippen molar-refractivity contribution in [3.05, 3.63) is 60.4 Å². The molecule has 0 saturated heterocycles. The molecule has 0 N–H and O–H groups in total. The van der Waals surface area contributed by atoms with Gasteiger partial charge in [0, 0.05) is 18.8 Å². The second-order valence-corrected chi connectivity index (χ2v) is 8.61. The Morgan fingerprint density at radius 1 is 1.03 bits per heavy atom. The van der Waals surface area contributed by atoms with Crippen molar-refractivity contribution in [2.45, 2.75) is 24.8 Å². The number of anilines is 1. The van der Waals surface area contributed by atoms with Crippen LogP contribution in [-0.4, -0.2) is 50.8 Å². The normalized spacial score (nSPS) is 11.5. The highest BCUT2D eigenvalue weighted by atomic mass is 32.2. The van der Waals surface area contributed by atoms with Gasteiger partial charge in [0.25, 0.3) is 5.91 Å². The van der Waals surface area contributed by atoms with Crippen LogP contribution in [0.3, 0.4) is 0 Å². The first-order valence-corrected chi connectivity index (χ1v) is 10.3. The van der Waals surface area contributed by atoms with Gasteiger partial charge in [0.15, 0.2) is 6.61 Å². The van der Waals surface area contributed by atoms with Crippen LogP contribution in [0.25, 0.3) is 0 Å². The lowest BCUT2D eigenvalue weighted by atomic mass is 10.2. The van der Waals surface area contributed by atoms with Crippen LogP contribution < -0.4 is 4.90 Å². The minimum absolute atomic E-state index is 0.152. The van der Waals surface area contributed by atoms with Crippen LogP contribution in [0, 0.1) is 5.82 Å². The van der Waals surface area contributed by atoms with E-state index >= 15 is 0 Å². The number of rotatable bonds is 8. The van der Waals surface area contributed by atoms with Gasteiger partial charge in [-0.25, -0.2) is 12.8 Å². The van der Waals surface area contributed by atoms with Gasteiger partial charge in [-0.15, -0.1) is 0 Å². The maximum absolute atomic E-state index is 13.0. The van der Waals surface area contributed by atoms with Crippen LogP contribution in [0.2, 0.25) is 0 Å². The minimum Gasteiger partial charge on any atom is -0.455 e. The molecule has 0 aromatic heterocycles. The number of halogens is 1. The maximum atomic E-state index is 13.0. The van der Waals surface area contributed by atoms with E-state index in [0.29, 0.717) is 5.69 Å². The first kappa shape index (κ1) is 22.5. The number of hydrogen-bond acceptors (Lipinski definition) is 5. The van der Waals surface area contributed by atoms with Crippen molar-refractivity contribution in [3.8, 4) is 0 Å². The van der Waals surface area contributed by atoms with Gasteiger partial charge in [0.2, 0.25) is 10.0 Å². The van der Waals surface area contributed by atoms with Gasteiger partial charge in [0.1, 0.15) is 12.4 Å². The number of nitrogens with zero attached hydrogens (tertiary/aromatic N) is 2. The molecule has 2 rings (SSSR count). The highest BCUT2D eigenvalue weighted by molar-refractivity contribution is 7.89. The number of hydrogen-bond donors (Lipinski definition) is 0. The van der Waals surface area contributed by atoms with E-state index in [2.05, 4.69) is 0 Å². The van der Waals surface area contributed by atoms with Crippen molar-refractivity contribution >= 4 is 27.6 Å². The fraction of sp³-hybridized carbons (Fsp3) is 0.300. The van der Waals surface area contributed by atoms with Crippen LogP contribution in [0.5, 0.6) is 0 Å². The molecule has 9 heteroatoms. The van der Waals surface area contributed by atoms with Crippen molar-refractivity contribution < 1.29 is 27.1 Å². The topological polar surface area (TPSA) is 84.0 Å². The predicted octanol–water partition coefficient (Wildman–Crippen LogP) is 2.43. The average Bonchev–Trinajstić information content (AvgIpc) is 2.67. The Labute approximate surface area is 169 Å². The standard InChI is InChI=1S/C20H23FN2O5S/c1-15(2)23(17-7-5-4-6-8-17)19(24)14-28-20(25)13-22(3)29(26,27)18-11-9-16(21)10-12-18/h4-12,15H,13-14H2,1-3H3. The highest BCUT2D eigenvalue weighted by Crippen LogP contribution is 2.17. The van der Waals surface area contributed by atoms with Gasteiger partial charge in [0.05, 0.1) is 4.90 Å². The Kier molecular flexibility index (Phi) is 7.46. The van der Waals surface area contributed by atoms with E-state index in [1.807, 2.05) is 19.9 Å². The number of carbonyl (C=O) groups is 2. The Hall–Kier alpha value is -2.78. The zero-order valence-corrected chi connectivity index (χ0v) is 17.2. The SMILES string of the molecule is CC(C)N(C(=O)COC(=O)CN(C)S(=O)(=O)c1ccc(F)cc1)c1ccccc1. The summed E-state index contributed by atoms with van der Waals surface area (Å²) in [5.41, 5.74) is 0.666. The fourth-order valence-electron chi connectivity index (χ4n) is 2.63. The number of sulfonamides is 1. The summed E-state index contributed by atoms with van der Waals surface area (Å²) in [6, 6.07) is 13.0. The third-order valence-electron chi connectivity index (χ3n) is 4.05. The van der Waals surface area contributed by atoms with Gasteiger partial charge in [-0.2, -0.15) is 4.31 Å². The van der Waals surface area contributed by atoms with Crippen molar-refractivity contribution in [1.82, 2.24) is 4.31 Å². The molecule has 156 valence electrons. The summed E-state index contributed by atoms with van der Waals surface area (Å²) in [7, 11) is -2.79. The summed E-state index contributed by atoms with van der Waals surface area (Å²) in [5.74, 6) is -1.87. The zero-order valence-electron chi connectivity index (χ0n) is 16.4. The predicted molar refractivity (Wildman–Crippen MR) is 106 cm³/mol. The smallest absolute Gasteiger partial charge is 0.321 e. The Balaban J connectivity index is 1.97. The second kappa shape index (κ2) is 9.62. The first-order valence-electron chi connectivity index (χ1n) is 8.87. The molecule has 0 heterocycles. The van der Waals surface area contributed by atoms with E-state index in [9.17, 15) is 22.4 Å². The molecule has 0 radical (unpaired) electrons.